The molecular formula is C20H34O5. The van der Waals surface area contributed by atoms with Crippen LogP contribution in [0.3, 0.4) is 0 Å². The van der Waals surface area contributed by atoms with Crippen LogP contribution in [0.2, 0.25) is 0 Å². The summed E-state index contributed by atoms with van der Waals surface area (Å²) in [5.74, 6) is -1.08. The second-order valence-electron chi connectivity index (χ2n) is 7.05. The molecule has 1 rings (SSSR count). The number of carboxylic acids is 1. The lowest BCUT2D eigenvalue weighted by Crippen LogP contribution is -2.20. The molecule has 5 nitrogen and oxygen atoms in total. The zero-order valence-corrected chi connectivity index (χ0v) is 15.3. The molecule has 25 heavy (non-hydrogen) atoms. The molecule has 0 aromatic rings. The third-order valence-electron chi connectivity index (χ3n) is 4.91. The molecule has 5 unspecified atom stereocenters. The van der Waals surface area contributed by atoms with Crippen molar-refractivity contribution in [2.45, 2.75) is 83.0 Å². The van der Waals surface area contributed by atoms with Crippen LogP contribution < -0.4 is 0 Å². The number of hydrogen-bond acceptors (Lipinski definition) is 4. The van der Waals surface area contributed by atoms with E-state index in [1.807, 2.05) is 0 Å². The maximum atomic E-state index is 10.5. The minimum Gasteiger partial charge on any atom is -0.481 e. The van der Waals surface area contributed by atoms with Crippen LogP contribution in [0.1, 0.15) is 64.7 Å². The number of carboxylic acid groups (broad SMARTS) is 1. The third kappa shape index (κ3) is 8.66. The van der Waals surface area contributed by atoms with E-state index >= 15 is 0 Å². The zero-order valence-electron chi connectivity index (χ0n) is 15.3. The van der Waals surface area contributed by atoms with Gasteiger partial charge in [0.2, 0.25) is 0 Å². The fourth-order valence-electron chi connectivity index (χ4n) is 3.41. The first kappa shape index (κ1) is 21.9. The van der Waals surface area contributed by atoms with Gasteiger partial charge in [0.15, 0.2) is 0 Å². The van der Waals surface area contributed by atoms with Crippen LogP contribution in [-0.4, -0.2) is 44.7 Å². The van der Waals surface area contributed by atoms with Gasteiger partial charge in [-0.25, -0.2) is 0 Å². The Morgan fingerprint density at radius 2 is 1.92 bits per heavy atom. The molecule has 144 valence electrons. The SMILES string of the molecule is CCCCC/C=C\CC1C(O)CC(O)C1/C=C/C(O)CCCC(=O)O. The van der Waals surface area contributed by atoms with E-state index in [1.54, 1.807) is 12.2 Å². The largest absolute Gasteiger partial charge is 0.481 e. The predicted octanol–water partition coefficient (Wildman–Crippen LogP) is 3.04. The fourth-order valence-corrected chi connectivity index (χ4v) is 3.41. The summed E-state index contributed by atoms with van der Waals surface area (Å²) in [5, 5.41) is 38.9. The van der Waals surface area contributed by atoms with Crippen molar-refractivity contribution in [3.63, 3.8) is 0 Å². The third-order valence-corrected chi connectivity index (χ3v) is 4.91. The molecule has 0 amide bonds. The van der Waals surface area contributed by atoms with Gasteiger partial charge in [-0.1, -0.05) is 44.1 Å². The maximum absolute atomic E-state index is 10.5. The molecule has 1 aliphatic rings. The van der Waals surface area contributed by atoms with Gasteiger partial charge in [-0.2, -0.15) is 0 Å². The van der Waals surface area contributed by atoms with Gasteiger partial charge < -0.3 is 20.4 Å². The van der Waals surface area contributed by atoms with Gasteiger partial charge >= 0.3 is 5.97 Å². The van der Waals surface area contributed by atoms with Crippen LogP contribution in [-0.2, 0) is 4.79 Å². The summed E-state index contributed by atoms with van der Waals surface area (Å²) in [4.78, 5) is 10.5. The summed E-state index contributed by atoms with van der Waals surface area (Å²) in [6.45, 7) is 2.17. The number of aliphatic hydroxyl groups is 3. The lowest BCUT2D eigenvalue weighted by Gasteiger charge is -2.19. The number of rotatable bonds is 12. The molecule has 0 aromatic carbocycles. The van der Waals surface area contributed by atoms with Gasteiger partial charge in [-0.15, -0.1) is 0 Å². The summed E-state index contributed by atoms with van der Waals surface area (Å²) in [6, 6.07) is 0. The van der Waals surface area contributed by atoms with Crippen LogP contribution >= 0.6 is 0 Å². The van der Waals surface area contributed by atoms with Gasteiger partial charge in [0.05, 0.1) is 18.3 Å². The number of hydrogen-bond donors (Lipinski definition) is 4. The first-order valence-corrected chi connectivity index (χ1v) is 9.55. The average molecular weight is 354 g/mol. The van der Waals surface area contributed by atoms with Crippen LogP contribution in [0.4, 0.5) is 0 Å². The Hall–Kier alpha value is -1.17. The normalized spacial score (nSPS) is 28.2. The molecule has 0 radical (unpaired) electrons. The molecule has 4 N–H and O–H groups in total. The summed E-state index contributed by atoms with van der Waals surface area (Å²) in [5.41, 5.74) is 0. The van der Waals surface area contributed by atoms with Crippen molar-refractivity contribution in [2.24, 2.45) is 11.8 Å². The van der Waals surface area contributed by atoms with Crippen molar-refractivity contribution < 1.29 is 25.2 Å². The summed E-state index contributed by atoms with van der Waals surface area (Å²) in [6.07, 6.45) is 12.4. The van der Waals surface area contributed by atoms with E-state index < -0.39 is 24.3 Å². The Morgan fingerprint density at radius 1 is 1.16 bits per heavy atom. The molecule has 0 bridgehead atoms. The average Bonchev–Trinajstić information content (AvgIpc) is 2.81. The second kappa shape index (κ2) is 12.2. The molecule has 1 aliphatic carbocycles. The summed E-state index contributed by atoms with van der Waals surface area (Å²) < 4.78 is 0. The van der Waals surface area contributed by atoms with Gasteiger partial charge in [-0.05, 0) is 38.0 Å². The van der Waals surface area contributed by atoms with E-state index in [1.165, 1.54) is 19.3 Å². The topological polar surface area (TPSA) is 98.0 Å². The van der Waals surface area contributed by atoms with Crippen molar-refractivity contribution in [3.8, 4) is 0 Å². The van der Waals surface area contributed by atoms with E-state index in [4.69, 9.17) is 5.11 Å². The Bertz CT molecular complexity index is 432. The molecule has 5 heteroatoms. The highest BCUT2D eigenvalue weighted by Gasteiger charge is 2.39. The smallest absolute Gasteiger partial charge is 0.303 e. The zero-order chi connectivity index (χ0) is 18.7. The minimum atomic E-state index is -0.865. The summed E-state index contributed by atoms with van der Waals surface area (Å²) >= 11 is 0. The number of carbonyl (C=O) groups is 1. The Kier molecular flexibility index (Phi) is 10.7. The van der Waals surface area contributed by atoms with E-state index in [0.717, 1.165) is 6.42 Å². The van der Waals surface area contributed by atoms with Crippen LogP contribution in [0.15, 0.2) is 24.3 Å². The molecule has 1 fully saturated rings. The maximum Gasteiger partial charge on any atom is 0.303 e. The quantitative estimate of drug-likeness (QED) is 0.319. The van der Waals surface area contributed by atoms with Crippen molar-refractivity contribution in [1.29, 1.82) is 0 Å². The van der Waals surface area contributed by atoms with E-state index in [2.05, 4.69) is 19.1 Å². The highest BCUT2D eigenvalue weighted by molar-refractivity contribution is 5.66. The van der Waals surface area contributed by atoms with Crippen LogP contribution in [0.5, 0.6) is 0 Å². The first-order valence-electron chi connectivity index (χ1n) is 9.55. The van der Waals surface area contributed by atoms with E-state index in [0.29, 0.717) is 25.7 Å². The lowest BCUT2D eigenvalue weighted by molar-refractivity contribution is -0.137. The molecular weight excluding hydrogens is 320 g/mol. The van der Waals surface area contributed by atoms with E-state index in [-0.39, 0.29) is 18.3 Å². The molecule has 0 spiro atoms. The van der Waals surface area contributed by atoms with Crippen molar-refractivity contribution in [1.82, 2.24) is 0 Å². The second-order valence-corrected chi connectivity index (χ2v) is 7.05. The predicted molar refractivity (Wildman–Crippen MR) is 98.1 cm³/mol. The molecule has 1 saturated carbocycles. The fraction of sp³-hybridized carbons (Fsp3) is 0.750. The molecule has 5 atom stereocenters. The Morgan fingerprint density at radius 3 is 2.60 bits per heavy atom. The number of aliphatic hydroxyl groups excluding tert-OH is 3. The van der Waals surface area contributed by atoms with Gasteiger partial charge in [0.1, 0.15) is 0 Å². The highest BCUT2D eigenvalue weighted by atomic mass is 16.4. The first-order chi connectivity index (χ1) is 12.0. The highest BCUT2D eigenvalue weighted by Crippen LogP contribution is 2.36. The molecule has 0 aromatic heterocycles. The van der Waals surface area contributed by atoms with Gasteiger partial charge in [-0.3, -0.25) is 4.79 Å². The van der Waals surface area contributed by atoms with Crippen molar-refractivity contribution in [3.05, 3.63) is 24.3 Å². The Balaban J connectivity index is 2.47. The van der Waals surface area contributed by atoms with Crippen LogP contribution in [0, 0.1) is 11.8 Å². The van der Waals surface area contributed by atoms with Gasteiger partial charge in [0, 0.05) is 18.8 Å². The van der Waals surface area contributed by atoms with E-state index in [9.17, 15) is 20.1 Å². The Labute approximate surface area is 151 Å². The molecule has 0 saturated heterocycles. The monoisotopic (exact) mass is 354 g/mol. The number of unbranched alkanes of at least 4 members (excludes halogenated alkanes) is 3. The van der Waals surface area contributed by atoms with Gasteiger partial charge in [0.25, 0.3) is 0 Å². The number of aliphatic carboxylic acids is 1. The minimum absolute atomic E-state index is 0.0418. The number of allylic oxidation sites excluding steroid dienone is 2. The van der Waals surface area contributed by atoms with Crippen LogP contribution in [0.25, 0.3) is 0 Å². The standard InChI is InChI=1S/C20H34O5/c1-2-3-4-5-6-7-10-16-17(19(23)14-18(16)22)13-12-15(21)9-8-11-20(24)25/h6-7,12-13,15-19,21-23H,2-5,8-11,14H2,1H3,(H,24,25)/b7-6-,13-12+. The van der Waals surface area contributed by atoms with Crippen molar-refractivity contribution >= 4 is 5.97 Å². The lowest BCUT2D eigenvalue weighted by atomic mass is 9.89. The van der Waals surface area contributed by atoms with Crippen molar-refractivity contribution in [2.75, 3.05) is 0 Å². The molecule has 0 aliphatic heterocycles. The summed E-state index contributed by atoms with van der Waals surface area (Å²) in [7, 11) is 0. The molecule has 0 heterocycles.